The zero-order valence-corrected chi connectivity index (χ0v) is 10.7. The van der Waals surface area contributed by atoms with E-state index in [-0.39, 0.29) is 6.61 Å². The highest BCUT2D eigenvalue weighted by Gasteiger charge is 2.08. The predicted molar refractivity (Wildman–Crippen MR) is 71.4 cm³/mol. The molecule has 2 rings (SSSR count). The molecule has 2 aromatic rings. The number of fused-ring (bicyclic) bond motifs is 1. The summed E-state index contributed by atoms with van der Waals surface area (Å²) in [7, 11) is 0. The van der Waals surface area contributed by atoms with Crippen LogP contribution >= 0.6 is 11.3 Å². The van der Waals surface area contributed by atoms with Crippen molar-refractivity contribution >= 4 is 27.4 Å². The molecule has 0 aromatic carbocycles. The molecule has 0 saturated heterocycles. The third-order valence-electron chi connectivity index (χ3n) is 2.92. The summed E-state index contributed by atoms with van der Waals surface area (Å²) in [4.78, 5) is 8.48. The zero-order valence-electron chi connectivity index (χ0n) is 9.89. The molecular weight excluding hydrogens is 234 g/mol. The average Bonchev–Trinajstić information content (AvgIpc) is 2.83. The Labute approximate surface area is 105 Å². The maximum atomic E-state index is 8.95. The van der Waals surface area contributed by atoms with E-state index < -0.39 is 0 Å². The molecule has 0 spiro atoms. The summed E-state index contributed by atoms with van der Waals surface area (Å²) in [5.41, 5.74) is 0.989. The van der Waals surface area contributed by atoms with E-state index >= 15 is 0 Å². The molecular formula is C12H17N3OS. The van der Waals surface area contributed by atoms with Crippen LogP contribution in [0.3, 0.4) is 0 Å². The molecule has 1 atom stereocenters. The van der Waals surface area contributed by atoms with Crippen LogP contribution in [0.4, 0.5) is 5.82 Å². The van der Waals surface area contributed by atoms with Gasteiger partial charge in [-0.15, -0.1) is 11.3 Å². The van der Waals surface area contributed by atoms with Crippen LogP contribution in [-0.4, -0.2) is 28.2 Å². The van der Waals surface area contributed by atoms with Gasteiger partial charge in [0.15, 0.2) is 0 Å². The van der Waals surface area contributed by atoms with Crippen LogP contribution in [0.15, 0.2) is 17.8 Å². The zero-order chi connectivity index (χ0) is 12.1. The van der Waals surface area contributed by atoms with Crippen molar-refractivity contribution in [2.24, 2.45) is 5.92 Å². The maximum absolute atomic E-state index is 8.95. The monoisotopic (exact) mass is 251 g/mol. The number of aliphatic hydroxyl groups is 1. The van der Waals surface area contributed by atoms with Gasteiger partial charge in [0.05, 0.1) is 10.2 Å². The molecule has 92 valence electrons. The van der Waals surface area contributed by atoms with Gasteiger partial charge in [0.1, 0.15) is 12.1 Å². The van der Waals surface area contributed by atoms with Gasteiger partial charge in [-0.25, -0.2) is 9.97 Å². The Kier molecular flexibility index (Phi) is 4.28. The van der Waals surface area contributed by atoms with Gasteiger partial charge >= 0.3 is 0 Å². The van der Waals surface area contributed by atoms with Gasteiger partial charge in [-0.1, -0.05) is 13.3 Å². The van der Waals surface area contributed by atoms with Crippen molar-refractivity contribution in [3.8, 4) is 0 Å². The lowest BCUT2D eigenvalue weighted by molar-refractivity contribution is 0.258. The number of aromatic nitrogens is 2. The first-order chi connectivity index (χ1) is 8.35. The van der Waals surface area contributed by atoms with Crippen LogP contribution < -0.4 is 5.32 Å². The average molecular weight is 251 g/mol. The second-order valence-corrected chi connectivity index (χ2v) is 4.94. The number of anilines is 1. The molecule has 0 amide bonds. The van der Waals surface area contributed by atoms with Crippen molar-refractivity contribution in [3.05, 3.63) is 17.8 Å². The van der Waals surface area contributed by atoms with Crippen LogP contribution in [-0.2, 0) is 0 Å². The van der Waals surface area contributed by atoms with E-state index in [4.69, 9.17) is 5.11 Å². The molecule has 0 aliphatic rings. The van der Waals surface area contributed by atoms with E-state index in [0.29, 0.717) is 5.92 Å². The fraction of sp³-hybridized carbons (Fsp3) is 0.500. The minimum atomic E-state index is 0.248. The summed E-state index contributed by atoms with van der Waals surface area (Å²) in [6.45, 7) is 3.24. The molecule has 0 aliphatic carbocycles. The first-order valence-electron chi connectivity index (χ1n) is 5.88. The standard InChI is InChI=1S/C12H17N3OS/c1-2-9(3-5-16)7-13-12-11-10(4-6-17-11)14-8-15-12/h4,6,8-9,16H,2-3,5,7H2,1H3,(H,13,14,15). The molecule has 4 nitrogen and oxygen atoms in total. The molecule has 2 N–H and O–H groups in total. The van der Waals surface area contributed by atoms with E-state index in [1.807, 2.05) is 11.4 Å². The van der Waals surface area contributed by atoms with Gasteiger partial charge in [-0.05, 0) is 23.8 Å². The van der Waals surface area contributed by atoms with Crippen molar-refractivity contribution in [2.45, 2.75) is 19.8 Å². The number of aliphatic hydroxyl groups excluding tert-OH is 1. The summed E-state index contributed by atoms with van der Waals surface area (Å²) in [5, 5.41) is 14.3. The fourth-order valence-corrected chi connectivity index (χ4v) is 2.60. The number of nitrogens with one attached hydrogen (secondary N) is 1. The Morgan fingerprint density at radius 1 is 1.47 bits per heavy atom. The summed E-state index contributed by atoms with van der Waals surface area (Å²) in [6.07, 6.45) is 3.48. The first-order valence-corrected chi connectivity index (χ1v) is 6.76. The van der Waals surface area contributed by atoms with Crippen molar-refractivity contribution in [3.63, 3.8) is 0 Å². The second kappa shape index (κ2) is 5.93. The van der Waals surface area contributed by atoms with Gasteiger partial charge in [-0.2, -0.15) is 0 Å². The minimum absolute atomic E-state index is 0.248. The Bertz CT molecular complexity index is 471. The van der Waals surface area contributed by atoms with Crippen LogP contribution in [0.5, 0.6) is 0 Å². The van der Waals surface area contributed by atoms with E-state index in [2.05, 4.69) is 22.2 Å². The van der Waals surface area contributed by atoms with Crippen LogP contribution in [0.1, 0.15) is 19.8 Å². The van der Waals surface area contributed by atoms with E-state index in [1.54, 1.807) is 17.7 Å². The van der Waals surface area contributed by atoms with Crippen LogP contribution in [0, 0.1) is 5.92 Å². The number of rotatable bonds is 6. The lowest BCUT2D eigenvalue weighted by atomic mass is 10.0. The molecule has 0 fully saturated rings. The Morgan fingerprint density at radius 2 is 2.35 bits per heavy atom. The topological polar surface area (TPSA) is 58.0 Å². The van der Waals surface area contributed by atoms with Crippen molar-refractivity contribution in [2.75, 3.05) is 18.5 Å². The van der Waals surface area contributed by atoms with Crippen molar-refractivity contribution < 1.29 is 5.11 Å². The SMILES string of the molecule is CCC(CCO)CNc1ncnc2ccsc12. The molecule has 17 heavy (non-hydrogen) atoms. The summed E-state index contributed by atoms with van der Waals surface area (Å²) in [6, 6.07) is 2.00. The highest BCUT2D eigenvalue weighted by molar-refractivity contribution is 7.17. The Balaban J connectivity index is 2.05. The summed E-state index contributed by atoms with van der Waals surface area (Å²) in [5.74, 6) is 1.39. The third-order valence-corrected chi connectivity index (χ3v) is 3.83. The van der Waals surface area contributed by atoms with Gasteiger partial charge < -0.3 is 10.4 Å². The molecule has 0 radical (unpaired) electrons. The number of nitrogens with zero attached hydrogens (tertiary/aromatic N) is 2. The van der Waals surface area contributed by atoms with Gasteiger partial charge in [0.2, 0.25) is 0 Å². The highest BCUT2D eigenvalue weighted by Crippen LogP contribution is 2.25. The van der Waals surface area contributed by atoms with Crippen LogP contribution in [0.25, 0.3) is 10.2 Å². The Morgan fingerprint density at radius 3 is 3.12 bits per heavy atom. The fourth-order valence-electron chi connectivity index (χ4n) is 1.79. The lowest BCUT2D eigenvalue weighted by Gasteiger charge is -2.14. The number of thiophene rings is 1. The Hall–Kier alpha value is -1.20. The second-order valence-electron chi connectivity index (χ2n) is 4.02. The molecule has 0 saturated carbocycles. The quantitative estimate of drug-likeness (QED) is 0.828. The lowest BCUT2D eigenvalue weighted by Crippen LogP contribution is -2.15. The van der Waals surface area contributed by atoms with Crippen molar-refractivity contribution in [1.82, 2.24) is 9.97 Å². The number of hydrogen-bond acceptors (Lipinski definition) is 5. The number of hydrogen-bond donors (Lipinski definition) is 2. The largest absolute Gasteiger partial charge is 0.396 e. The van der Waals surface area contributed by atoms with E-state index in [0.717, 1.165) is 35.4 Å². The van der Waals surface area contributed by atoms with Gasteiger partial charge in [-0.3, -0.25) is 0 Å². The first kappa shape index (κ1) is 12.3. The smallest absolute Gasteiger partial charge is 0.147 e. The van der Waals surface area contributed by atoms with Crippen molar-refractivity contribution in [1.29, 1.82) is 0 Å². The predicted octanol–water partition coefficient (Wildman–Crippen LogP) is 2.51. The maximum Gasteiger partial charge on any atom is 0.147 e. The molecule has 2 heterocycles. The molecule has 0 bridgehead atoms. The highest BCUT2D eigenvalue weighted by atomic mass is 32.1. The third kappa shape index (κ3) is 2.92. The minimum Gasteiger partial charge on any atom is -0.396 e. The van der Waals surface area contributed by atoms with Crippen LogP contribution in [0.2, 0.25) is 0 Å². The van der Waals surface area contributed by atoms with Gasteiger partial charge in [0, 0.05) is 13.2 Å². The normalized spacial score (nSPS) is 12.8. The molecule has 2 aromatic heterocycles. The summed E-state index contributed by atoms with van der Waals surface area (Å²) < 4.78 is 1.10. The molecule has 5 heteroatoms. The molecule has 1 unspecified atom stereocenters. The van der Waals surface area contributed by atoms with E-state index in [1.165, 1.54) is 0 Å². The summed E-state index contributed by atoms with van der Waals surface area (Å²) >= 11 is 1.65. The van der Waals surface area contributed by atoms with E-state index in [9.17, 15) is 0 Å². The van der Waals surface area contributed by atoms with Gasteiger partial charge in [0.25, 0.3) is 0 Å². The molecule has 0 aliphatic heterocycles.